The van der Waals surface area contributed by atoms with Gasteiger partial charge in [0.05, 0.1) is 13.0 Å². The second-order valence-corrected chi connectivity index (χ2v) is 10.6. The second-order valence-electron chi connectivity index (χ2n) is 10.6. The summed E-state index contributed by atoms with van der Waals surface area (Å²) in [6.07, 6.45) is -1.12. The average molecular weight is 549 g/mol. The maximum atomic E-state index is 14.0. The van der Waals surface area contributed by atoms with Gasteiger partial charge < -0.3 is 30.7 Å². The summed E-state index contributed by atoms with van der Waals surface area (Å²) >= 11 is 0. The highest BCUT2D eigenvalue weighted by atomic mass is 16.6. The van der Waals surface area contributed by atoms with Gasteiger partial charge >= 0.3 is 12.1 Å². The molecule has 11 heteroatoms. The van der Waals surface area contributed by atoms with E-state index in [1.165, 1.54) is 4.90 Å². The van der Waals surface area contributed by atoms with E-state index in [4.69, 9.17) is 15.2 Å². The van der Waals surface area contributed by atoms with Crippen molar-refractivity contribution in [2.75, 3.05) is 13.2 Å². The number of amides is 4. The van der Waals surface area contributed by atoms with Gasteiger partial charge in [-0.05, 0) is 78.5 Å². The molecule has 0 saturated carbocycles. The third-order valence-corrected chi connectivity index (χ3v) is 5.88. The molecule has 39 heavy (non-hydrogen) atoms. The lowest BCUT2D eigenvalue weighted by molar-refractivity contribution is -0.146. The zero-order valence-corrected chi connectivity index (χ0v) is 24.4. The van der Waals surface area contributed by atoms with Crippen molar-refractivity contribution < 1.29 is 33.4 Å². The molecule has 0 radical (unpaired) electrons. The molecular weight excluding hydrogens is 504 g/mol. The monoisotopic (exact) mass is 548 g/mol. The van der Waals surface area contributed by atoms with Gasteiger partial charge in [-0.2, -0.15) is 0 Å². The Labute approximate surface area is 231 Å². The van der Waals surface area contributed by atoms with Crippen molar-refractivity contribution in [1.29, 1.82) is 0 Å². The molecule has 1 aromatic carbocycles. The lowest BCUT2D eigenvalue weighted by atomic mass is 9.94. The van der Waals surface area contributed by atoms with Crippen LogP contribution in [0.15, 0.2) is 18.2 Å². The van der Waals surface area contributed by atoms with E-state index in [1.54, 1.807) is 53.7 Å². The lowest BCUT2D eigenvalue weighted by Gasteiger charge is -2.38. The van der Waals surface area contributed by atoms with Crippen molar-refractivity contribution in [2.45, 2.75) is 98.4 Å². The zero-order valence-electron chi connectivity index (χ0n) is 24.4. The minimum atomic E-state index is -1.19. The fraction of sp³-hybridized carbons (Fsp3) is 0.607. The van der Waals surface area contributed by atoms with E-state index >= 15 is 0 Å². The molecule has 1 rings (SSSR count). The van der Waals surface area contributed by atoms with E-state index < -0.39 is 53.5 Å². The van der Waals surface area contributed by atoms with E-state index in [9.17, 15) is 24.0 Å². The molecule has 4 amide bonds. The van der Waals surface area contributed by atoms with Gasteiger partial charge in [0.2, 0.25) is 17.7 Å². The first-order valence-electron chi connectivity index (χ1n) is 13.2. The molecule has 0 aliphatic rings. The standard InChI is InChI=1S/C28H44N4O7/c1-9-38-23(34)15-16-30-25(35)24(20-12-10-11-18(4)19(20)5)32(17(2)3)26(36)21(13-14-22(29)33)31-27(37)39-28(6,7)8/h10-12,17,21,24H,9,13-16H2,1-8H3,(H2,29,33)(H,30,35)(H,31,37). The fourth-order valence-electron chi connectivity index (χ4n) is 3.96. The fourth-order valence-corrected chi connectivity index (χ4v) is 3.96. The molecule has 0 aromatic heterocycles. The highest BCUT2D eigenvalue weighted by Gasteiger charge is 2.38. The van der Waals surface area contributed by atoms with Gasteiger partial charge in [-0.3, -0.25) is 19.2 Å². The smallest absolute Gasteiger partial charge is 0.408 e. The predicted molar refractivity (Wildman–Crippen MR) is 146 cm³/mol. The number of aryl methyl sites for hydroxylation is 1. The Bertz CT molecular complexity index is 1030. The number of rotatable bonds is 13. The minimum Gasteiger partial charge on any atom is -0.466 e. The van der Waals surface area contributed by atoms with E-state index in [0.717, 1.165) is 11.1 Å². The highest BCUT2D eigenvalue weighted by Crippen LogP contribution is 2.29. The molecule has 2 unspecified atom stereocenters. The van der Waals surface area contributed by atoms with Gasteiger partial charge in [0.1, 0.15) is 17.7 Å². The second kappa shape index (κ2) is 15.1. The van der Waals surface area contributed by atoms with Crippen LogP contribution < -0.4 is 16.4 Å². The Kier molecular flexibility index (Phi) is 12.9. The summed E-state index contributed by atoms with van der Waals surface area (Å²) in [5, 5.41) is 5.30. The van der Waals surface area contributed by atoms with Crippen LogP contribution in [0.3, 0.4) is 0 Å². The first-order chi connectivity index (χ1) is 18.1. The van der Waals surface area contributed by atoms with Gasteiger partial charge in [0.15, 0.2) is 0 Å². The number of benzene rings is 1. The van der Waals surface area contributed by atoms with E-state index in [2.05, 4.69) is 10.6 Å². The first-order valence-corrected chi connectivity index (χ1v) is 13.2. The maximum absolute atomic E-state index is 14.0. The molecule has 0 heterocycles. The van der Waals surface area contributed by atoms with Gasteiger partial charge in [-0.1, -0.05) is 18.2 Å². The topological polar surface area (TPSA) is 157 Å². The Morgan fingerprint density at radius 1 is 1.05 bits per heavy atom. The van der Waals surface area contributed by atoms with Crippen molar-refractivity contribution in [1.82, 2.24) is 15.5 Å². The number of hydrogen-bond acceptors (Lipinski definition) is 7. The summed E-state index contributed by atoms with van der Waals surface area (Å²) in [7, 11) is 0. The van der Waals surface area contributed by atoms with Gasteiger partial charge in [0, 0.05) is 19.0 Å². The maximum Gasteiger partial charge on any atom is 0.408 e. The number of carbonyl (C=O) groups excluding carboxylic acids is 5. The van der Waals surface area contributed by atoms with Crippen LogP contribution in [0.25, 0.3) is 0 Å². The molecule has 0 saturated heterocycles. The summed E-state index contributed by atoms with van der Waals surface area (Å²) in [6.45, 7) is 14.2. The number of ether oxygens (including phenoxy) is 2. The molecule has 0 aliphatic carbocycles. The quantitative estimate of drug-likeness (QED) is 0.320. The first kappa shape index (κ1) is 33.4. The van der Waals surface area contributed by atoms with Crippen molar-refractivity contribution in [2.24, 2.45) is 5.73 Å². The van der Waals surface area contributed by atoms with Crippen molar-refractivity contribution in [3.63, 3.8) is 0 Å². The third-order valence-electron chi connectivity index (χ3n) is 5.88. The van der Waals surface area contributed by atoms with Crippen LogP contribution >= 0.6 is 0 Å². The van der Waals surface area contributed by atoms with Crippen LogP contribution in [0.1, 0.15) is 83.5 Å². The van der Waals surface area contributed by atoms with Gasteiger partial charge in [-0.15, -0.1) is 0 Å². The molecular formula is C28H44N4O7. The van der Waals surface area contributed by atoms with E-state index in [-0.39, 0.29) is 32.4 Å². The Hall–Kier alpha value is -3.63. The molecule has 0 bridgehead atoms. The summed E-state index contributed by atoms with van der Waals surface area (Å²) in [4.78, 5) is 65.0. The number of nitrogens with zero attached hydrogens (tertiary/aromatic N) is 1. The summed E-state index contributed by atoms with van der Waals surface area (Å²) in [6, 6.07) is 2.69. The van der Waals surface area contributed by atoms with Crippen LogP contribution in [0.2, 0.25) is 0 Å². The molecule has 218 valence electrons. The van der Waals surface area contributed by atoms with Crippen molar-refractivity contribution >= 4 is 29.8 Å². The number of nitrogens with two attached hydrogens (primary N) is 1. The largest absolute Gasteiger partial charge is 0.466 e. The number of alkyl carbamates (subject to hydrolysis) is 1. The van der Waals surface area contributed by atoms with E-state index in [1.807, 2.05) is 19.9 Å². The minimum absolute atomic E-state index is 0.0143. The third kappa shape index (κ3) is 10.9. The lowest BCUT2D eigenvalue weighted by Crippen LogP contribution is -2.55. The Morgan fingerprint density at radius 2 is 1.69 bits per heavy atom. The summed E-state index contributed by atoms with van der Waals surface area (Å²) < 4.78 is 10.3. The molecule has 1 aromatic rings. The van der Waals surface area contributed by atoms with Crippen LogP contribution in [0, 0.1) is 13.8 Å². The van der Waals surface area contributed by atoms with Gasteiger partial charge in [-0.25, -0.2) is 4.79 Å². The molecule has 0 fully saturated rings. The average Bonchev–Trinajstić information content (AvgIpc) is 2.80. The van der Waals surface area contributed by atoms with Crippen molar-refractivity contribution in [3.05, 3.63) is 34.9 Å². The molecule has 0 spiro atoms. The SMILES string of the molecule is CCOC(=O)CCNC(=O)C(c1cccc(C)c1C)N(C(=O)C(CCC(N)=O)NC(=O)OC(C)(C)C)C(C)C. The van der Waals surface area contributed by atoms with Crippen LogP contribution in [0.4, 0.5) is 4.79 Å². The Balaban J connectivity index is 3.48. The number of carbonyl (C=O) groups is 5. The van der Waals surface area contributed by atoms with Crippen LogP contribution in [-0.2, 0) is 28.7 Å². The Morgan fingerprint density at radius 3 is 2.23 bits per heavy atom. The van der Waals surface area contributed by atoms with Crippen LogP contribution in [-0.4, -0.2) is 65.5 Å². The van der Waals surface area contributed by atoms with Crippen molar-refractivity contribution in [3.8, 4) is 0 Å². The van der Waals surface area contributed by atoms with E-state index in [0.29, 0.717) is 5.56 Å². The predicted octanol–water partition coefficient (Wildman–Crippen LogP) is 2.81. The van der Waals surface area contributed by atoms with Crippen LogP contribution in [0.5, 0.6) is 0 Å². The highest BCUT2D eigenvalue weighted by molar-refractivity contribution is 5.93. The molecule has 2 atom stereocenters. The zero-order chi connectivity index (χ0) is 29.9. The number of nitrogens with one attached hydrogen (secondary N) is 2. The summed E-state index contributed by atoms with van der Waals surface area (Å²) in [5.41, 5.74) is 6.85. The molecule has 0 aliphatic heterocycles. The molecule has 4 N–H and O–H groups in total. The molecule has 11 nitrogen and oxygen atoms in total. The summed E-state index contributed by atoms with van der Waals surface area (Å²) in [5.74, 6) is -2.17. The number of primary amides is 1. The van der Waals surface area contributed by atoms with Gasteiger partial charge in [0.25, 0.3) is 0 Å². The number of hydrogen-bond donors (Lipinski definition) is 3. The normalized spacial score (nSPS) is 12.7. The number of esters is 1.